The zero-order valence-corrected chi connectivity index (χ0v) is 15.0. The van der Waals surface area contributed by atoms with E-state index in [2.05, 4.69) is 84.4 Å². The summed E-state index contributed by atoms with van der Waals surface area (Å²) in [4.78, 5) is 6.93. The minimum atomic E-state index is 0.311. The molecule has 5 rings (SSSR count). The van der Waals surface area contributed by atoms with E-state index in [1.807, 2.05) is 18.3 Å². The Morgan fingerprint density at radius 1 is 0.692 bits per heavy atom. The average Bonchev–Trinajstić information content (AvgIpc) is 3.00. The first-order valence-electron chi connectivity index (χ1n) is 9.11. The van der Waals surface area contributed by atoms with E-state index in [1.165, 1.54) is 38.7 Å². The van der Waals surface area contributed by atoms with E-state index >= 15 is 0 Å². The molecule has 0 fully saturated rings. The molecule has 0 aliphatic heterocycles. The van der Waals surface area contributed by atoms with Gasteiger partial charge in [0, 0.05) is 17.6 Å². The van der Waals surface area contributed by atoms with Crippen LogP contribution in [0.15, 0.2) is 79.0 Å². The van der Waals surface area contributed by atoms with Crippen molar-refractivity contribution in [3.8, 4) is 22.3 Å². The summed E-state index contributed by atoms with van der Waals surface area (Å²) >= 11 is 0. The highest BCUT2D eigenvalue weighted by Crippen LogP contribution is 2.49. The fraction of sp³-hybridized carbons (Fsp3) is 0.125. The number of hydrogen-bond acceptors (Lipinski definition) is 2. The molecule has 1 aliphatic carbocycles. The third kappa shape index (κ3) is 2.08. The molecule has 126 valence electrons. The molecule has 0 spiro atoms. The summed E-state index contributed by atoms with van der Waals surface area (Å²) in [6.45, 7) is 4.43. The van der Waals surface area contributed by atoms with E-state index < -0.39 is 0 Å². The smallest absolute Gasteiger partial charge is 0.133 e. The number of pyridine rings is 1. The van der Waals surface area contributed by atoms with Crippen LogP contribution in [0.2, 0.25) is 0 Å². The fourth-order valence-corrected chi connectivity index (χ4v) is 4.17. The Kier molecular flexibility index (Phi) is 3.32. The molecule has 2 heteroatoms. The molecule has 1 heterocycles. The second kappa shape index (κ2) is 5.70. The van der Waals surface area contributed by atoms with Crippen LogP contribution < -0.4 is 4.90 Å². The van der Waals surface area contributed by atoms with Crippen LogP contribution in [-0.2, 0) is 0 Å². The van der Waals surface area contributed by atoms with Crippen LogP contribution in [0.1, 0.15) is 13.8 Å². The number of anilines is 2. The van der Waals surface area contributed by atoms with Crippen LogP contribution in [0, 0.1) is 0 Å². The lowest BCUT2D eigenvalue weighted by molar-refractivity contribution is 0.780. The molecule has 1 aromatic heterocycles. The second-order valence-corrected chi connectivity index (χ2v) is 7.06. The van der Waals surface area contributed by atoms with Gasteiger partial charge >= 0.3 is 0 Å². The quantitative estimate of drug-likeness (QED) is 0.377. The van der Waals surface area contributed by atoms with E-state index in [0.29, 0.717) is 6.04 Å². The molecule has 0 saturated heterocycles. The second-order valence-electron chi connectivity index (χ2n) is 7.06. The summed E-state index contributed by atoms with van der Waals surface area (Å²) in [6.07, 6.45) is 1.86. The van der Waals surface area contributed by atoms with Crippen molar-refractivity contribution < 1.29 is 0 Å². The first-order chi connectivity index (χ1) is 12.8. The summed E-state index contributed by atoms with van der Waals surface area (Å²) in [7, 11) is 0. The van der Waals surface area contributed by atoms with Crippen molar-refractivity contribution in [1.82, 2.24) is 4.98 Å². The first kappa shape index (κ1) is 15.2. The molecular formula is C24H20N2. The summed E-state index contributed by atoms with van der Waals surface area (Å²) in [5, 5.41) is 2.64. The Morgan fingerprint density at radius 3 is 2.08 bits per heavy atom. The largest absolute Gasteiger partial charge is 0.323 e. The van der Waals surface area contributed by atoms with Crippen molar-refractivity contribution in [2.75, 3.05) is 4.90 Å². The number of nitrogens with zero attached hydrogens (tertiary/aromatic N) is 2. The Bertz CT molecular complexity index is 1080. The zero-order valence-electron chi connectivity index (χ0n) is 15.0. The molecular weight excluding hydrogens is 316 g/mol. The standard InChI is InChI=1S/C24H20N2/c1-16(2)26(23-12-5-6-15-25-23)22-14-13-20-18-9-4-3-8-17(18)19-10-7-11-21(22)24(19)20/h3-16H,1-2H3. The van der Waals surface area contributed by atoms with Crippen LogP contribution in [0.5, 0.6) is 0 Å². The Labute approximate surface area is 153 Å². The third-order valence-corrected chi connectivity index (χ3v) is 5.20. The van der Waals surface area contributed by atoms with Crippen LogP contribution in [-0.4, -0.2) is 11.0 Å². The predicted molar refractivity (Wildman–Crippen MR) is 110 cm³/mol. The van der Waals surface area contributed by atoms with Gasteiger partial charge in [-0.05, 0) is 59.7 Å². The molecule has 0 bridgehead atoms. The van der Waals surface area contributed by atoms with Gasteiger partial charge in [0.25, 0.3) is 0 Å². The summed E-state index contributed by atoms with van der Waals surface area (Å²) < 4.78 is 0. The van der Waals surface area contributed by atoms with Gasteiger partial charge in [0.1, 0.15) is 5.82 Å². The van der Waals surface area contributed by atoms with Crippen molar-refractivity contribution in [1.29, 1.82) is 0 Å². The molecule has 4 aromatic rings. The van der Waals surface area contributed by atoms with E-state index in [-0.39, 0.29) is 0 Å². The highest BCUT2D eigenvalue weighted by atomic mass is 15.2. The van der Waals surface area contributed by atoms with Gasteiger partial charge in [0.05, 0.1) is 5.69 Å². The zero-order chi connectivity index (χ0) is 17.7. The maximum absolute atomic E-state index is 4.61. The van der Waals surface area contributed by atoms with Gasteiger partial charge in [-0.1, -0.05) is 54.6 Å². The topological polar surface area (TPSA) is 16.1 Å². The minimum absolute atomic E-state index is 0.311. The van der Waals surface area contributed by atoms with Crippen molar-refractivity contribution in [2.24, 2.45) is 0 Å². The Balaban J connectivity index is 1.81. The molecule has 3 aromatic carbocycles. The van der Waals surface area contributed by atoms with Crippen molar-refractivity contribution in [2.45, 2.75) is 19.9 Å². The van der Waals surface area contributed by atoms with E-state index in [9.17, 15) is 0 Å². The van der Waals surface area contributed by atoms with Gasteiger partial charge in [-0.2, -0.15) is 0 Å². The average molecular weight is 336 g/mol. The van der Waals surface area contributed by atoms with Crippen LogP contribution in [0.3, 0.4) is 0 Å². The first-order valence-corrected chi connectivity index (χ1v) is 9.11. The Hall–Kier alpha value is -3.13. The van der Waals surface area contributed by atoms with Gasteiger partial charge in [-0.3, -0.25) is 0 Å². The van der Waals surface area contributed by atoms with Gasteiger partial charge in [-0.25, -0.2) is 4.98 Å². The summed E-state index contributed by atoms with van der Waals surface area (Å²) in [6, 6.07) is 26.3. The minimum Gasteiger partial charge on any atom is -0.323 e. The van der Waals surface area contributed by atoms with Crippen LogP contribution in [0.4, 0.5) is 11.5 Å². The third-order valence-electron chi connectivity index (χ3n) is 5.20. The van der Waals surface area contributed by atoms with Crippen molar-refractivity contribution >= 4 is 22.3 Å². The fourth-order valence-electron chi connectivity index (χ4n) is 4.17. The molecule has 26 heavy (non-hydrogen) atoms. The van der Waals surface area contributed by atoms with Gasteiger partial charge in [-0.15, -0.1) is 0 Å². The van der Waals surface area contributed by atoms with E-state index in [4.69, 9.17) is 0 Å². The van der Waals surface area contributed by atoms with Gasteiger partial charge in [0.2, 0.25) is 0 Å². The summed E-state index contributed by atoms with van der Waals surface area (Å²) in [5.41, 5.74) is 6.55. The maximum atomic E-state index is 4.61. The number of fused-ring (bicyclic) bond motifs is 3. The van der Waals surface area contributed by atoms with Gasteiger partial charge < -0.3 is 4.90 Å². The van der Waals surface area contributed by atoms with Crippen LogP contribution >= 0.6 is 0 Å². The highest BCUT2D eigenvalue weighted by molar-refractivity contribution is 6.18. The highest BCUT2D eigenvalue weighted by Gasteiger charge is 2.24. The lowest BCUT2D eigenvalue weighted by Gasteiger charge is -2.29. The maximum Gasteiger partial charge on any atom is 0.133 e. The molecule has 0 atom stereocenters. The van der Waals surface area contributed by atoms with Crippen LogP contribution in [0.25, 0.3) is 33.0 Å². The number of benzene rings is 3. The van der Waals surface area contributed by atoms with E-state index in [1.54, 1.807) is 0 Å². The molecule has 0 radical (unpaired) electrons. The molecule has 0 unspecified atom stereocenters. The lowest BCUT2D eigenvalue weighted by Crippen LogP contribution is -2.26. The summed E-state index contributed by atoms with van der Waals surface area (Å²) in [5.74, 6) is 0.985. The predicted octanol–water partition coefficient (Wildman–Crippen LogP) is 6.43. The van der Waals surface area contributed by atoms with Crippen molar-refractivity contribution in [3.63, 3.8) is 0 Å². The van der Waals surface area contributed by atoms with Crippen molar-refractivity contribution in [3.05, 3.63) is 79.0 Å². The normalized spacial score (nSPS) is 11.8. The van der Waals surface area contributed by atoms with E-state index in [0.717, 1.165) is 5.82 Å². The van der Waals surface area contributed by atoms with Gasteiger partial charge in [0.15, 0.2) is 0 Å². The number of rotatable bonds is 3. The Morgan fingerprint density at radius 2 is 1.38 bits per heavy atom. The number of aromatic nitrogens is 1. The lowest BCUT2D eigenvalue weighted by atomic mass is 10.0. The molecule has 0 N–H and O–H groups in total. The molecule has 1 aliphatic rings. The monoisotopic (exact) mass is 336 g/mol. The molecule has 2 nitrogen and oxygen atoms in total. The SMILES string of the molecule is CC(C)N(c1ccccn1)c1ccc2c3c(cccc13)-c1ccccc1-2. The molecule has 0 amide bonds. The molecule has 0 saturated carbocycles. The number of hydrogen-bond donors (Lipinski definition) is 0.